The van der Waals surface area contributed by atoms with E-state index in [4.69, 9.17) is 4.74 Å². The van der Waals surface area contributed by atoms with Gasteiger partial charge in [-0.15, -0.1) is 0 Å². The van der Waals surface area contributed by atoms with Gasteiger partial charge in [0.1, 0.15) is 18.3 Å². The van der Waals surface area contributed by atoms with Crippen molar-refractivity contribution in [1.29, 1.82) is 0 Å². The number of benzene rings is 3. The molecule has 1 aliphatic heterocycles. The highest BCUT2D eigenvalue weighted by molar-refractivity contribution is 5.65. The van der Waals surface area contributed by atoms with E-state index in [9.17, 15) is 20.4 Å². The summed E-state index contributed by atoms with van der Waals surface area (Å²) >= 11 is 0. The lowest BCUT2D eigenvalue weighted by molar-refractivity contribution is -0.239. The number of hydrogen-bond acceptors (Lipinski definition) is 5. The van der Waals surface area contributed by atoms with Crippen LogP contribution in [0.1, 0.15) is 11.1 Å². The summed E-state index contributed by atoms with van der Waals surface area (Å²) < 4.78 is 5.67. The van der Waals surface area contributed by atoms with Crippen LogP contribution in [0.25, 0.3) is 11.1 Å². The lowest BCUT2D eigenvalue weighted by atomic mass is 9.82. The van der Waals surface area contributed by atoms with Crippen molar-refractivity contribution in [3.63, 3.8) is 0 Å². The van der Waals surface area contributed by atoms with Gasteiger partial charge in [-0.1, -0.05) is 84.3 Å². The van der Waals surface area contributed by atoms with Gasteiger partial charge in [-0.2, -0.15) is 0 Å². The molecule has 0 spiro atoms. The average molecular weight is 440 g/mol. The van der Waals surface area contributed by atoms with E-state index in [2.05, 4.69) is 23.7 Å². The fraction of sp³-hybridized carbons (Fsp3) is 0.214. The van der Waals surface area contributed by atoms with Crippen LogP contribution in [-0.4, -0.2) is 57.0 Å². The van der Waals surface area contributed by atoms with E-state index in [1.807, 2.05) is 60.7 Å². The third-order valence-electron chi connectivity index (χ3n) is 5.54. The molecule has 1 aliphatic rings. The van der Waals surface area contributed by atoms with Gasteiger partial charge in [0.15, 0.2) is 11.7 Å². The molecular formula is C28H24O5. The van der Waals surface area contributed by atoms with E-state index >= 15 is 0 Å². The van der Waals surface area contributed by atoms with Gasteiger partial charge >= 0.3 is 0 Å². The summed E-state index contributed by atoms with van der Waals surface area (Å²) in [6, 6.07) is 26.4. The van der Waals surface area contributed by atoms with Crippen molar-refractivity contribution < 1.29 is 25.2 Å². The van der Waals surface area contributed by atoms with E-state index in [0.29, 0.717) is 11.1 Å². The molecule has 4 N–H and O–H groups in total. The first kappa shape index (κ1) is 22.8. The third kappa shape index (κ3) is 4.99. The zero-order chi connectivity index (χ0) is 23.3. The zero-order valence-electron chi connectivity index (χ0n) is 17.8. The predicted molar refractivity (Wildman–Crippen MR) is 125 cm³/mol. The third-order valence-corrected chi connectivity index (χ3v) is 5.54. The van der Waals surface area contributed by atoms with E-state index in [-0.39, 0.29) is 0 Å². The quantitative estimate of drug-likeness (QED) is 0.458. The summed E-state index contributed by atoms with van der Waals surface area (Å²) in [5.41, 5.74) is 1.16. The number of hydrogen-bond donors (Lipinski definition) is 4. The second-order valence-corrected chi connectivity index (χ2v) is 7.83. The molecule has 1 saturated heterocycles. The largest absolute Gasteiger partial charge is 0.394 e. The first-order valence-electron chi connectivity index (χ1n) is 10.6. The molecule has 3 aromatic rings. The van der Waals surface area contributed by atoms with Gasteiger partial charge in [-0.05, 0) is 35.4 Å². The van der Waals surface area contributed by atoms with E-state index in [0.717, 1.165) is 11.1 Å². The first-order valence-corrected chi connectivity index (χ1v) is 10.6. The molecule has 4 rings (SSSR count). The van der Waals surface area contributed by atoms with Crippen LogP contribution in [0.4, 0.5) is 0 Å². The molecule has 0 amide bonds. The minimum absolute atomic E-state index is 0.540. The van der Waals surface area contributed by atoms with Crippen LogP contribution in [0.2, 0.25) is 0 Å². The van der Waals surface area contributed by atoms with Crippen LogP contribution < -0.4 is 0 Å². The summed E-state index contributed by atoms with van der Waals surface area (Å²) in [6.45, 7) is -0.540. The lowest BCUT2D eigenvalue weighted by Gasteiger charge is -2.43. The van der Waals surface area contributed by atoms with Crippen molar-refractivity contribution in [2.45, 2.75) is 30.0 Å². The topological polar surface area (TPSA) is 90.2 Å². The second kappa shape index (κ2) is 10.0. The van der Waals surface area contributed by atoms with Crippen LogP contribution in [0.5, 0.6) is 0 Å². The van der Waals surface area contributed by atoms with Gasteiger partial charge in [0.25, 0.3) is 0 Å². The summed E-state index contributed by atoms with van der Waals surface area (Å²) in [6.07, 6.45) is -5.57. The summed E-state index contributed by atoms with van der Waals surface area (Å²) in [5, 5.41) is 41.8. The molecule has 0 radical (unpaired) electrons. The lowest BCUT2D eigenvalue weighted by Crippen LogP contribution is -2.65. The minimum atomic E-state index is -2.16. The van der Waals surface area contributed by atoms with E-state index in [1.165, 1.54) is 0 Å². The molecule has 166 valence electrons. The fourth-order valence-electron chi connectivity index (χ4n) is 3.66. The van der Waals surface area contributed by atoms with Crippen molar-refractivity contribution in [3.05, 3.63) is 96.1 Å². The van der Waals surface area contributed by atoms with Crippen LogP contribution in [0, 0.1) is 23.7 Å². The molecular weight excluding hydrogens is 416 g/mol. The smallest absolute Gasteiger partial charge is 0.191 e. The molecule has 0 saturated carbocycles. The highest BCUT2D eigenvalue weighted by Gasteiger charge is 2.53. The van der Waals surface area contributed by atoms with Gasteiger partial charge in [0, 0.05) is 11.1 Å². The van der Waals surface area contributed by atoms with Crippen LogP contribution in [-0.2, 0) is 4.74 Å². The molecule has 5 nitrogen and oxygen atoms in total. The molecule has 1 fully saturated rings. The minimum Gasteiger partial charge on any atom is -0.394 e. The van der Waals surface area contributed by atoms with Crippen molar-refractivity contribution in [3.8, 4) is 34.8 Å². The normalized spacial score (nSPS) is 26.4. The number of aliphatic hydroxyl groups is 4. The van der Waals surface area contributed by atoms with Crippen molar-refractivity contribution in [1.82, 2.24) is 0 Å². The summed E-state index contributed by atoms with van der Waals surface area (Å²) in [4.78, 5) is 0. The van der Waals surface area contributed by atoms with Crippen molar-refractivity contribution in [2.75, 3.05) is 6.61 Å². The zero-order valence-corrected chi connectivity index (χ0v) is 17.8. The molecule has 33 heavy (non-hydrogen) atoms. The Morgan fingerprint density at radius 3 is 2.12 bits per heavy atom. The van der Waals surface area contributed by atoms with Gasteiger partial charge in [-0.3, -0.25) is 0 Å². The summed E-state index contributed by atoms with van der Waals surface area (Å²) in [7, 11) is 0. The predicted octanol–water partition coefficient (Wildman–Crippen LogP) is 1.97. The summed E-state index contributed by atoms with van der Waals surface area (Å²) in [5.74, 6) is 11.3. The number of aliphatic hydroxyl groups excluding tert-OH is 3. The maximum Gasteiger partial charge on any atom is 0.191 e. The Balaban J connectivity index is 1.69. The van der Waals surface area contributed by atoms with Gasteiger partial charge in [0.2, 0.25) is 0 Å². The molecule has 0 aromatic heterocycles. The maximum absolute atomic E-state index is 11.3. The Kier molecular flexibility index (Phi) is 6.91. The Labute approximate surface area is 192 Å². The molecule has 1 heterocycles. The van der Waals surface area contributed by atoms with E-state index < -0.39 is 36.6 Å². The molecule has 0 unspecified atom stereocenters. The number of rotatable bonds is 2. The fourth-order valence-corrected chi connectivity index (χ4v) is 3.66. The molecule has 5 heteroatoms. The SMILES string of the molecule is OC[C@H]1O[C@H](C#Cc2cccc(-c3ccccc3)c2)[C@](O)(C#Cc2ccccc2)[C@@H](O)[C@@H]1O. The van der Waals surface area contributed by atoms with Gasteiger partial charge in [0.05, 0.1) is 6.61 Å². The average Bonchev–Trinajstić information content (AvgIpc) is 2.87. The number of ether oxygens (including phenoxy) is 1. The Morgan fingerprint density at radius 1 is 0.788 bits per heavy atom. The molecule has 0 bridgehead atoms. The molecule has 0 aliphatic carbocycles. The van der Waals surface area contributed by atoms with E-state index in [1.54, 1.807) is 24.3 Å². The molecule has 5 atom stereocenters. The van der Waals surface area contributed by atoms with Crippen LogP contribution in [0.3, 0.4) is 0 Å². The van der Waals surface area contributed by atoms with Crippen molar-refractivity contribution in [2.24, 2.45) is 0 Å². The van der Waals surface area contributed by atoms with Crippen LogP contribution in [0.15, 0.2) is 84.9 Å². The Morgan fingerprint density at radius 2 is 1.42 bits per heavy atom. The Hall–Kier alpha value is -3.42. The Bertz CT molecular complexity index is 1200. The van der Waals surface area contributed by atoms with Crippen molar-refractivity contribution >= 4 is 0 Å². The van der Waals surface area contributed by atoms with Gasteiger partial charge < -0.3 is 25.2 Å². The maximum atomic E-state index is 11.3. The van der Waals surface area contributed by atoms with Crippen LogP contribution >= 0.6 is 0 Å². The highest BCUT2D eigenvalue weighted by Crippen LogP contribution is 2.30. The standard InChI is InChI=1S/C28H24O5/c29-19-24-26(30)27(31)28(32,17-16-20-8-3-1-4-9-20)25(33-24)15-14-21-10-7-13-23(18-21)22-11-5-2-6-12-22/h1-13,18,24-27,29-32H,19H2/t24-,25-,26-,27+,28-/m1/s1. The second-order valence-electron chi connectivity index (χ2n) is 7.83. The molecule has 3 aromatic carbocycles. The van der Waals surface area contributed by atoms with Gasteiger partial charge in [-0.25, -0.2) is 0 Å². The monoisotopic (exact) mass is 440 g/mol. The highest BCUT2D eigenvalue weighted by atomic mass is 16.5. The first-order chi connectivity index (χ1) is 16.0.